The Labute approximate surface area is 156 Å². The quantitative estimate of drug-likeness (QED) is 0.689. The molecule has 0 aliphatic heterocycles. The molecule has 0 fully saturated rings. The number of hydrogen-bond acceptors (Lipinski definition) is 2. The molecular formula is C19H21F4NO2S. The monoisotopic (exact) mass is 403 g/mol. The van der Waals surface area contributed by atoms with E-state index >= 15 is 0 Å². The largest absolute Gasteiger partial charge is 0.416 e. The fraction of sp³-hybridized carbons (Fsp3) is 0.368. The van der Waals surface area contributed by atoms with Gasteiger partial charge in [0.1, 0.15) is 5.82 Å². The van der Waals surface area contributed by atoms with Gasteiger partial charge in [-0.15, -0.1) is 0 Å². The molecule has 1 N–H and O–H groups in total. The van der Waals surface area contributed by atoms with Gasteiger partial charge >= 0.3 is 6.18 Å². The maximum atomic E-state index is 13.8. The first kappa shape index (κ1) is 21.4. The van der Waals surface area contributed by atoms with E-state index in [0.29, 0.717) is 18.2 Å². The van der Waals surface area contributed by atoms with Crippen molar-refractivity contribution in [1.82, 2.24) is 4.72 Å². The molecule has 0 amide bonds. The van der Waals surface area contributed by atoms with Crippen molar-refractivity contribution in [1.29, 1.82) is 0 Å². The van der Waals surface area contributed by atoms with Crippen LogP contribution in [0.2, 0.25) is 0 Å². The molecular weight excluding hydrogens is 382 g/mol. The normalized spacial score (nSPS) is 13.0. The van der Waals surface area contributed by atoms with Crippen LogP contribution in [0, 0.1) is 5.82 Å². The van der Waals surface area contributed by atoms with Crippen LogP contribution in [0.5, 0.6) is 0 Å². The van der Waals surface area contributed by atoms with Gasteiger partial charge < -0.3 is 0 Å². The summed E-state index contributed by atoms with van der Waals surface area (Å²) in [6, 6.07) is 8.14. The lowest BCUT2D eigenvalue weighted by molar-refractivity contribution is -0.137. The summed E-state index contributed by atoms with van der Waals surface area (Å²) in [6.45, 7) is 5.51. The Hall–Kier alpha value is -1.93. The SMILES string of the molecule is CCC(C)(C)c1ccc(S(=O)(=O)NCc2cc(C(F)(F)F)ccc2F)cc1. The molecule has 0 aromatic heterocycles. The van der Waals surface area contributed by atoms with E-state index in [1.54, 1.807) is 12.1 Å². The summed E-state index contributed by atoms with van der Waals surface area (Å²) in [5.74, 6) is -0.911. The first-order valence-corrected chi connectivity index (χ1v) is 9.81. The first-order chi connectivity index (χ1) is 12.4. The predicted molar refractivity (Wildman–Crippen MR) is 95.2 cm³/mol. The second kappa shape index (κ2) is 7.59. The minimum atomic E-state index is -4.64. The van der Waals surface area contributed by atoms with Gasteiger partial charge in [0, 0.05) is 12.1 Å². The molecule has 0 spiro atoms. The Kier molecular flexibility index (Phi) is 6.01. The second-order valence-electron chi connectivity index (χ2n) is 6.89. The fourth-order valence-electron chi connectivity index (χ4n) is 2.43. The highest BCUT2D eigenvalue weighted by Crippen LogP contribution is 2.30. The van der Waals surface area contributed by atoms with Gasteiger partial charge in [0.15, 0.2) is 0 Å². The molecule has 0 aliphatic carbocycles. The lowest BCUT2D eigenvalue weighted by atomic mass is 9.82. The average Bonchev–Trinajstić information content (AvgIpc) is 2.60. The molecule has 0 saturated heterocycles. The van der Waals surface area contributed by atoms with Gasteiger partial charge in [0.25, 0.3) is 0 Å². The number of halogens is 4. The molecule has 0 bridgehead atoms. The third-order valence-corrected chi connectivity index (χ3v) is 6.07. The Morgan fingerprint density at radius 3 is 2.04 bits per heavy atom. The van der Waals surface area contributed by atoms with Gasteiger partial charge in [-0.3, -0.25) is 0 Å². The summed E-state index contributed by atoms with van der Waals surface area (Å²) in [6.07, 6.45) is -3.77. The van der Waals surface area contributed by atoms with E-state index < -0.39 is 34.1 Å². The van der Waals surface area contributed by atoms with Crippen molar-refractivity contribution >= 4 is 10.0 Å². The molecule has 2 aromatic carbocycles. The molecule has 148 valence electrons. The molecule has 2 aromatic rings. The number of alkyl halides is 3. The van der Waals surface area contributed by atoms with Crippen LogP contribution in [0.4, 0.5) is 17.6 Å². The van der Waals surface area contributed by atoms with Crippen molar-refractivity contribution < 1.29 is 26.0 Å². The summed E-state index contributed by atoms with van der Waals surface area (Å²) < 4.78 is 78.9. The van der Waals surface area contributed by atoms with E-state index in [1.165, 1.54) is 12.1 Å². The Balaban J connectivity index is 2.20. The van der Waals surface area contributed by atoms with Gasteiger partial charge in [0.05, 0.1) is 10.5 Å². The van der Waals surface area contributed by atoms with Gasteiger partial charge in [0.2, 0.25) is 10.0 Å². The van der Waals surface area contributed by atoms with E-state index in [1.807, 2.05) is 20.8 Å². The zero-order chi connectivity index (χ0) is 20.5. The first-order valence-electron chi connectivity index (χ1n) is 8.32. The number of nitrogens with one attached hydrogen (secondary N) is 1. The van der Waals surface area contributed by atoms with Crippen LogP contribution in [-0.4, -0.2) is 8.42 Å². The Morgan fingerprint density at radius 2 is 1.52 bits per heavy atom. The predicted octanol–water partition coefficient (Wildman–Crippen LogP) is 5.01. The van der Waals surface area contributed by atoms with E-state index in [0.717, 1.165) is 12.0 Å². The van der Waals surface area contributed by atoms with Crippen molar-refractivity contribution in [2.24, 2.45) is 0 Å². The van der Waals surface area contributed by atoms with Gasteiger partial charge in [-0.1, -0.05) is 32.9 Å². The molecule has 3 nitrogen and oxygen atoms in total. The number of rotatable bonds is 6. The van der Waals surface area contributed by atoms with Crippen molar-refractivity contribution in [3.05, 3.63) is 65.0 Å². The van der Waals surface area contributed by atoms with Crippen LogP contribution in [0.15, 0.2) is 47.4 Å². The van der Waals surface area contributed by atoms with Crippen LogP contribution in [-0.2, 0) is 28.2 Å². The summed E-state index contributed by atoms with van der Waals surface area (Å²) in [5.41, 5.74) is -0.564. The highest BCUT2D eigenvalue weighted by atomic mass is 32.2. The topological polar surface area (TPSA) is 46.2 Å². The van der Waals surface area contributed by atoms with Crippen molar-refractivity contribution in [3.8, 4) is 0 Å². The van der Waals surface area contributed by atoms with Crippen LogP contribution >= 0.6 is 0 Å². The molecule has 0 unspecified atom stereocenters. The molecule has 0 aliphatic rings. The zero-order valence-electron chi connectivity index (χ0n) is 15.2. The van der Waals surface area contributed by atoms with E-state index in [-0.39, 0.29) is 15.9 Å². The molecule has 8 heteroatoms. The maximum Gasteiger partial charge on any atom is 0.416 e. The van der Waals surface area contributed by atoms with Crippen LogP contribution < -0.4 is 4.72 Å². The smallest absolute Gasteiger partial charge is 0.207 e. The fourth-order valence-corrected chi connectivity index (χ4v) is 3.44. The van der Waals surface area contributed by atoms with Crippen molar-refractivity contribution in [3.63, 3.8) is 0 Å². The zero-order valence-corrected chi connectivity index (χ0v) is 16.0. The van der Waals surface area contributed by atoms with Crippen LogP contribution in [0.3, 0.4) is 0 Å². The Bertz CT molecular complexity index is 904. The maximum absolute atomic E-state index is 13.8. The summed E-state index contributed by atoms with van der Waals surface area (Å²) in [5, 5.41) is 0. The van der Waals surface area contributed by atoms with E-state index in [4.69, 9.17) is 0 Å². The third-order valence-electron chi connectivity index (χ3n) is 4.66. The minimum absolute atomic E-state index is 0.0365. The highest BCUT2D eigenvalue weighted by Gasteiger charge is 2.31. The van der Waals surface area contributed by atoms with Gasteiger partial charge in [-0.2, -0.15) is 13.2 Å². The van der Waals surface area contributed by atoms with E-state index in [2.05, 4.69) is 4.72 Å². The van der Waals surface area contributed by atoms with Gasteiger partial charge in [-0.25, -0.2) is 17.5 Å². The third kappa shape index (κ3) is 5.07. The second-order valence-corrected chi connectivity index (χ2v) is 8.66. The number of benzene rings is 2. The minimum Gasteiger partial charge on any atom is -0.207 e. The summed E-state index contributed by atoms with van der Waals surface area (Å²) in [4.78, 5) is -0.0365. The molecule has 0 saturated carbocycles. The summed E-state index contributed by atoms with van der Waals surface area (Å²) in [7, 11) is -3.99. The van der Waals surface area contributed by atoms with Crippen LogP contribution in [0.1, 0.15) is 43.9 Å². The molecule has 0 heterocycles. The van der Waals surface area contributed by atoms with Gasteiger partial charge in [-0.05, 0) is 47.7 Å². The lowest BCUT2D eigenvalue weighted by Gasteiger charge is -2.23. The summed E-state index contributed by atoms with van der Waals surface area (Å²) >= 11 is 0. The molecule has 27 heavy (non-hydrogen) atoms. The molecule has 2 rings (SSSR count). The van der Waals surface area contributed by atoms with E-state index in [9.17, 15) is 26.0 Å². The number of hydrogen-bond donors (Lipinski definition) is 1. The van der Waals surface area contributed by atoms with Crippen molar-refractivity contribution in [2.45, 2.75) is 50.2 Å². The van der Waals surface area contributed by atoms with Crippen molar-refractivity contribution in [2.75, 3.05) is 0 Å². The molecule has 0 radical (unpaired) electrons. The van der Waals surface area contributed by atoms with Crippen LogP contribution in [0.25, 0.3) is 0 Å². The Morgan fingerprint density at radius 1 is 0.963 bits per heavy atom. The lowest BCUT2D eigenvalue weighted by Crippen LogP contribution is -2.24. The molecule has 0 atom stereocenters. The standard InChI is InChI=1S/C19H21F4NO2S/c1-4-18(2,3)14-5-8-16(9-6-14)27(25,26)24-12-13-11-15(19(21,22)23)7-10-17(13)20/h5-11,24H,4,12H2,1-3H3. The highest BCUT2D eigenvalue weighted by molar-refractivity contribution is 7.89. The number of sulfonamides is 1. The average molecular weight is 403 g/mol.